The molecule has 1 aliphatic rings. The van der Waals surface area contributed by atoms with E-state index in [1.807, 2.05) is 0 Å². The standard InChI is InChI=1S/C12H15N3O3.ClH/c1-8-2-3-11(15(17)18)10(6-8)12(16)14-5-4-9(13)7-14;/h2-3,6,9H,4-5,7,13H2,1H3;1H/t9-;/m1./s1. The van der Waals surface area contributed by atoms with Crippen molar-refractivity contribution in [3.63, 3.8) is 0 Å². The number of amides is 1. The number of carbonyl (C=O) groups excluding carboxylic acids is 1. The van der Waals surface area contributed by atoms with Crippen LogP contribution in [0.4, 0.5) is 5.69 Å². The Bertz CT molecular complexity index is 507. The van der Waals surface area contributed by atoms with Crippen LogP contribution in [-0.4, -0.2) is 34.9 Å². The van der Waals surface area contributed by atoms with Gasteiger partial charge in [0.2, 0.25) is 0 Å². The van der Waals surface area contributed by atoms with Crippen LogP contribution in [0.2, 0.25) is 0 Å². The topological polar surface area (TPSA) is 89.5 Å². The molecule has 1 saturated heterocycles. The molecular formula is C12H16ClN3O3. The fourth-order valence-electron chi connectivity index (χ4n) is 2.12. The highest BCUT2D eigenvalue weighted by Gasteiger charge is 2.29. The Morgan fingerprint density at radius 3 is 2.74 bits per heavy atom. The number of hydrogen-bond donors (Lipinski definition) is 1. The van der Waals surface area contributed by atoms with E-state index in [-0.39, 0.29) is 35.6 Å². The summed E-state index contributed by atoms with van der Waals surface area (Å²) in [6.07, 6.45) is 0.741. The Hall–Kier alpha value is -1.66. The molecule has 0 spiro atoms. The first kappa shape index (κ1) is 15.4. The predicted molar refractivity (Wildman–Crippen MR) is 73.6 cm³/mol. The number of aryl methyl sites for hydroxylation is 1. The van der Waals surface area contributed by atoms with Crippen molar-refractivity contribution in [2.45, 2.75) is 19.4 Å². The third-order valence-electron chi connectivity index (χ3n) is 3.09. The summed E-state index contributed by atoms with van der Waals surface area (Å²) < 4.78 is 0. The number of carbonyl (C=O) groups is 1. The molecule has 7 heteroatoms. The molecule has 1 aromatic carbocycles. The summed E-state index contributed by atoms with van der Waals surface area (Å²) in [6, 6.07) is 4.53. The zero-order valence-corrected chi connectivity index (χ0v) is 11.4. The molecule has 0 saturated carbocycles. The summed E-state index contributed by atoms with van der Waals surface area (Å²) in [6.45, 7) is 2.82. The SMILES string of the molecule is Cc1ccc([N+](=O)[O-])c(C(=O)N2CC[C@@H](N)C2)c1.Cl. The van der Waals surface area contributed by atoms with E-state index in [1.54, 1.807) is 24.0 Å². The quantitative estimate of drug-likeness (QED) is 0.658. The van der Waals surface area contributed by atoms with Crippen molar-refractivity contribution < 1.29 is 9.72 Å². The number of rotatable bonds is 2. The first-order valence-electron chi connectivity index (χ1n) is 5.79. The van der Waals surface area contributed by atoms with Gasteiger partial charge < -0.3 is 10.6 Å². The van der Waals surface area contributed by atoms with Crippen molar-refractivity contribution in [1.82, 2.24) is 4.90 Å². The Morgan fingerprint density at radius 2 is 2.21 bits per heavy atom. The van der Waals surface area contributed by atoms with Gasteiger partial charge in [-0.15, -0.1) is 12.4 Å². The van der Waals surface area contributed by atoms with Gasteiger partial charge in [0.05, 0.1) is 4.92 Å². The number of hydrogen-bond acceptors (Lipinski definition) is 4. The number of nitro benzene ring substituents is 1. The zero-order valence-electron chi connectivity index (χ0n) is 10.5. The lowest BCUT2D eigenvalue weighted by molar-refractivity contribution is -0.385. The molecule has 0 radical (unpaired) electrons. The molecule has 0 unspecified atom stereocenters. The summed E-state index contributed by atoms with van der Waals surface area (Å²) in [5.41, 5.74) is 6.57. The van der Waals surface area contributed by atoms with Gasteiger partial charge in [0, 0.05) is 25.2 Å². The van der Waals surface area contributed by atoms with Crippen LogP contribution in [0.3, 0.4) is 0 Å². The number of halogens is 1. The van der Waals surface area contributed by atoms with Crippen LogP contribution in [0, 0.1) is 17.0 Å². The van der Waals surface area contributed by atoms with Crippen LogP contribution in [0.25, 0.3) is 0 Å². The molecule has 6 nitrogen and oxygen atoms in total. The Kier molecular flexibility index (Phi) is 4.85. The third-order valence-corrected chi connectivity index (χ3v) is 3.09. The first-order valence-corrected chi connectivity index (χ1v) is 5.79. The molecule has 1 aromatic rings. The molecular weight excluding hydrogens is 270 g/mol. The minimum absolute atomic E-state index is 0. The third kappa shape index (κ3) is 3.21. The highest BCUT2D eigenvalue weighted by atomic mass is 35.5. The number of nitrogens with two attached hydrogens (primary N) is 1. The van der Waals surface area contributed by atoms with E-state index >= 15 is 0 Å². The molecule has 0 aromatic heterocycles. The smallest absolute Gasteiger partial charge is 0.282 e. The van der Waals surface area contributed by atoms with Crippen LogP contribution in [0.1, 0.15) is 22.3 Å². The fraction of sp³-hybridized carbons (Fsp3) is 0.417. The molecule has 19 heavy (non-hydrogen) atoms. The van der Waals surface area contributed by atoms with E-state index in [1.165, 1.54) is 6.07 Å². The number of nitrogens with zero attached hydrogens (tertiary/aromatic N) is 2. The van der Waals surface area contributed by atoms with Gasteiger partial charge in [0.1, 0.15) is 5.56 Å². The molecule has 2 rings (SSSR count). The van der Waals surface area contributed by atoms with Crippen molar-refractivity contribution in [3.8, 4) is 0 Å². The average Bonchev–Trinajstić information content (AvgIpc) is 2.74. The first-order chi connectivity index (χ1) is 8.49. The molecule has 1 fully saturated rings. The maximum Gasteiger partial charge on any atom is 0.282 e. The van der Waals surface area contributed by atoms with Gasteiger partial charge in [0.25, 0.3) is 11.6 Å². The zero-order chi connectivity index (χ0) is 13.3. The molecule has 1 aliphatic heterocycles. The van der Waals surface area contributed by atoms with E-state index in [0.29, 0.717) is 13.1 Å². The van der Waals surface area contributed by atoms with Crippen LogP contribution in [0.15, 0.2) is 18.2 Å². The minimum atomic E-state index is -0.525. The van der Waals surface area contributed by atoms with Gasteiger partial charge in [-0.25, -0.2) is 0 Å². The molecule has 1 amide bonds. The van der Waals surface area contributed by atoms with Gasteiger partial charge in [-0.05, 0) is 25.0 Å². The highest BCUT2D eigenvalue weighted by molar-refractivity contribution is 5.98. The monoisotopic (exact) mass is 285 g/mol. The van der Waals surface area contributed by atoms with Gasteiger partial charge >= 0.3 is 0 Å². The maximum absolute atomic E-state index is 12.2. The van der Waals surface area contributed by atoms with Crippen molar-refractivity contribution >= 4 is 24.0 Å². The Balaban J connectivity index is 0.00000180. The van der Waals surface area contributed by atoms with Crippen LogP contribution >= 0.6 is 12.4 Å². The average molecular weight is 286 g/mol. The number of benzene rings is 1. The second-order valence-electron chi connectivity index (χ2n) is 4.58. The Morgan fingerprint density at radius 1 is 1.53 bits per heavy atom. The van der Waals surface area contributed by atoms with Gasteiger partial charge in [0.15, 0.2) is 0 Å². The summed E-state index contributed by atoms with van der Waals surface area (Å²) in [5, 5.41) is 10.9. The van der Waals surface area contributed by atoms with Crippen LogP contribution in [0.5, 0.6) is 0 Å². The second kappa shape index (κ2) is 5.99. The van der Waals surface area contributed by atoms with Crippen molar-refractivity contribution in [2.75, 3.05) is 13.1 Å². The van der Waals surface area contributed by atoms with Gasteiger partial charge in [-0.2, -0.15) is 0 Å². The van der Waals surface area contributed by atoms with E-state index in [9.17, 15) is 14.9 Å². The molecule has 0 aliphatic carbocycles. The number of likely N-dealkylation sites (tertiary alicyclic amines) is 1. The summed E-state index contributed by atoms with van der Waals surface area (Å²) >= 11 is 0. The lowest BCUT2D eigenvalue weighted by Gasteiger charge is -2.16. The van der Waals surface area contributed by atoms with Crippen molar-refractivity contribution in [2.24, 2.45) is 5.73 Å². The van der Waals surface area contributed by atoms with Crippen molar-refractivity contribution in [1.29, 1.82) is 0 Å². The fourth-order valence-corrected chi connectivity index (χ4v) is 2.12. The normalized spacial score (nSPS) is 18.0. The summed E-state index contributed by atoms with van der Waals surface area (Å²) in [4.78, 5) is 24.2. The molecule has 2 N–H and O–H groups in total. The van der Waals surface area contributed by atoms with Gasteiger partial charge in [-0.1, -0.05) is 6.07 Å². The Labute approximate surface area is 117 Å². The van der Waals surface area contributed by atoms with Crippen molar-refractivity contribution in [3.05, 3.63) is 39.4 Å². The lowest BCUT2D eigenvalue weighted by atomic mass is 10.1. The molecule has 104 valence electrons. The number of nitro groups is 1. The van der Waals surface area contributed by atoms with Crippen LogP contribution in [-0.2, 0) is 0 Å². The lowest BCUT2D eigenvalue weighted by Crippen LogP contribution is -2.32. The van der Waals surface area contributed by atoms with E-state index in [4.69, 9.17) is 5.73 Å². The van der Waals surface area contributed by atoms with Crippen LogP contribution < -0.4 is 5.73 Å². The molecule has 0 bridgehead atoms. The predicted octanol–water partition coefficient (Wildman–Crippen LogP) is 1.50. The largest absolute Gasteiger partial charge is 0.337 e. The minimum Gasteiger partial charge on any atom is -0.337 e. The summed E-state index contributed by atoms with van der Waals surface area (Å²) in [5.74, 6) is -0.307. The highest BCUT2D eigenvalue weighted by Crippen LogP contribution is 2.23. The van der Waals surface area contributed by atoms with E-state index < -0.39 is 4.92 Å². The second-order valence-corrected chi connectivity index (χ2v) is 4.58. The van der Waals surface area contributed by atoms with Gasteiger partial charge in [-0.3, -0.25) is 14.9 Å². The maximum atomic E-state index is 12.2. The van der Waals surface area contributed by atoms with E-state index in [0.717, 1.165) is 12.0 Å². The van der Waals surface area contributed by atoms with E-state index in [2.05, 4.69) is 0 Å². The summed E-state index contributed by atoms with van der Waals surface area (Å²) in [7, 11) is 0. The molecule has 1 atom stereocenters. The molecule has 1 heterocycles.